The van der Waals surface area contributed by atoms with Gasteiger partial charge in [-0.2, -0.15) is 5.26 Å². The largest absolute Gasteiger partial charge is 0.394 e. The van der Waals surface area contributed by atoms with E-state index in [-0.39, 0.29) is 12.1 Å². The van der Waals surface area contributed by atoms with Crippen LogP contribution in [0, 0.1) is 11.3 Å². The molecule has 74 valence electrons. The number of rotatable bonds is 2. The van der Waals surface area contributed by atoms with Gasteiger partial charge in [0.1, 0.15) is 5.69 Å². The van der Waals surface area contributed by atoms with E-state index in [4.69, 9.17) is 11.0 Å². The fraction of sp³-hybridized carbons (Fsp3) is 0.250. The number of H-pyrrole nitrogens is 1. The first kappa shape index (κ1) is 10.2. The van der Waals surface area contributed by atoms with E-state index in [1.807, 2.05) is 0 Å². The molecule has 0 aliphatic carbocycles. The average Bonchev–Trinajstić information content (AvgIpc) is 2.11. The number of hydrogen-bond donors (Lipinski definition) is 2. The lowest BCUT2D eigenvalue weighted by Gasteiger charge is -2.04. The van der Waals surface area contributed by atoms with Crippen molar-refractivity contribution in [3.8, 4) is 6.07 Å². The summed E-state index contributed by atoms with van der Waals surface area (Å²) in [6.07, 6.45) is -2.94. The summed E-state index contributed by atoms with van der Waals surface area (Å²) in [6, 6.07) is 2.77. The summed E-state index contributed by atoms with van der Waals surface area (Å²) in [5, 5.41) is 8.32. The van der Waals surface area contributed by atoms with E-state index in [9.17, 15) is 13.6 Å². The highest BCUT2D eigenvalue weighted by molar-refractivity contribution is 5.46. The minimum atomic E-state index is -2.81. The maximum Gasteiger partial charge on any atom is 0.271 e. The predicted octanol–water partition coefficient (Wildman–Crippen LogP) is 0.961. The number of hydrogen-bond acceptors (Lipinski definition) is 3. The minimum absolute atomic E-state index is 0.130. The lowest BCUT2D eigenvalue weighted by atomic mass is 10.2. The molecule has 0 aliphatic heterocycles. The highest BCUT2D eigenvalue weighted by atomic mass is 19.3. The highest BCUT2D eigenvalue weighted by Crippen LogP contribution is 2.22. The lowest BCUT2D eigenvalue weighted by Crippen LogP contribution is -2.16. The molecule has 14 heavy (non-hydrogen) atoms. The zero-order valence-corrected chi connectivity index (χ0v) is 7.05. The van der Waals surface area contributed by atoms with Crippen molar-refractivity contribution in [3.05, 3.63) is 27.7 Å². The summed E-state index contributed by atoms with van der Waals surface area (Å²) < 4.78 is 24.6. The number of nitriles is 1. The molecule has 0 saturated carbocycles. The number of pyridine rings is 1. The number of aromatic nitrogens is 1. The van der Waals surface area contributed by atoms with Gasteiger partial charge in [0.2, 0.25) is 0 Å². The van der Waals surface area contributed by atoms with Crippen LogP contribution in [0.1, 0.15) is 17.7 Å². The third-order valence-corrected chi connectivity index (χ3v) is 1.66. The SMILES string of the molecule is N#CCc1cc(C(F)F)c(N)c(=O)[nH]1. The minimum Gasteiger partial charge on any atom is -0.394 e. The van der Waals surface area contributed by atoms with Crippen molar-refractivity contribution in [2.45, 2.75) is 12.8 Å². The first-order chi connectivity index (χ1) is 6.56. The van der Waals surface area contributed by atoms with Crippen molar-refractivity contribution < 1.29 is 8.78 Å². The van der Waals surface area contributed by atoms with Crippen LogP contribution in [0.2, 0.25) is 0 Å². The van der Waals surface area contributed by atoms with Gasteiger partial charge >= 0.3 is 0 Å². The Morgan fingerprint density at radius 3 is 2.79 bits per heavy atom. The van der Waals surface area contributed by atoms with Gasteiger partial charge in [0.25, 0.3) is 12.0 Å². The molecule has 0 atom stereocenters. The summed E-state index contributed by atoms with van der Waals surface area (Å²) in [4.78, 5) is 13.3. The first-order valence-electron chi connectivity index (χ1n) is 3.73. The highest BCUT2D eigenvalue weighted by Gasteiger charge is 2.14. The summed E-state index contributed by atoms with van der Waals surface area (Å²) in [5.74, 6) is 0. The monoisotopic (exact) mass is 199 g/mol. The molecule has 1 rings (SSSR count). The van der Waals surface area contributed by atoms with Crippen LogP contribution in [0.5, 0.6) is 0 Å². The van der Waals surface area contributed by atoms with E-state index in [2.05, 4.69) is 4.98 Å². The fourth-order valence-corrected chi connectivity index (χ4v) is 1.01. The Kier molecular flexibility index (Phi) is 2.82. The summed E-state index contributed by atoms with van der Waals surface area (Å²) in [5.41, 5.74) is 3.47. The van der Waals surface area contributed by atoms with Crippen LogP contribution in [0.4, 0.5) is 14.5 Å². The molecule has 0 aliphatic rings. The second-order valence-corrected chi connectivity index (χ2v) is 2.63. The molecule has 3 N–H and O–H groups in total. The Balaban J connectivity index is 3.30. The fourth-order valence-electron chi connectivity index (χ4n) is 1.01. The van der Waals surface area contributed by atoms with Gasteiger partial charge in [-0.05, 0) is 6.07 Å². The quantitative estimate of drug-likeness (QED) is 0.744. The Labute approximate surface area is 78.0 Å². The summed E-state index contributed by atoms with van der Waals surface area (Å²) in [7, 11) is 0. The van der Waals surface area contributed by atoms with Crippen LogP contribution in [0.3, 0.4) is 0 Å². The molecule has 0 aromatic carbocycles. The smallest absolute Gasteiger partial charge is 0.271 e. The molecular weight excluding hydrogens is 192 g/mol. The van der Waals surface area contributed by atoms with Crippen LogP contribution in [0.15, 0.2) is 10.9 Å². The number of nitrogens with one attached hydrogen (secondary N) is 1. The zero-order valence-electron chi connectivity index (χ0n) is 7.05. The number of halogens is 2. The van der Waals surface area contributed by atoms with Crippen molar-refractivity contribution >= 4 is 5.69 Å². The van der Waals surface area contributed by atoms with E-state index >= 15 is 0 Å². The summed E-state index contributed by atoms with van der Waals surface area (Å²) >= 11 is 0. The number of aromatic amines is 1. The number of anilines is 1. The number of alkyl halides is 2. The molecule has 4 nitrogen and oxygen atoms in total. The van der Waals surface area contributed by atoms with Gasteiger partial charge in [0.15, 0.2) is 0 Å². The molecule has 0 spiro atoms. The molecule has 1 heterocycles. The van der Waals surface area contributed by atoms with Crippen molar-refractivity contribution in [1.82, 2.24) is 4.98 Å². The van der Waals surface area contributed by atoms with Gasteiger partial charge in [-0.25, -0.2) is 8.78 Å². The normalized spacial score (nSPS) is 10.1. The van der Waals surface area contributed by atoms with Crippen LogP contribution in [0.25, 0.3) is 0 Å². The molecule has 0 bridgehead atoms. The number of nitrogens with zero attached hydrogens (tertiary/aromatic N) is 1. The lowest BCUT2D eigenvalue weighted by molar-refractivity contribution is 0.152. The van der Waals surface area contributed by atoms with Crippen LogP contribution in [-0.4, -0.2) is 4.98 Å². The Morgan fingerprint density at radius 1 is 1.64 bits per heavy atom. The molecule has 1 aromatic rings. The van der Waals surface area contributed by atoms with Crippen LogP contribution >= 0.6 is 0 Å². The Hall–Kier alpha value is -1.90. The Morgan fingerprint density at radius 2 is 2.29 bits per heavy atom. The summed E-state index contributed by atoms with van der Waals surface area (Å²) in [6.45, 7) is 0. The molecule has 0 amide bonds. The van der Waals surface area contributed by atoms with Crippen molar-refractivity contribution in [3.63, 3.8) is 0 Å². The predicted molar refractivity (Wildman–Crippen MR) is 45.7 cm³/mol. The van der Waals surface area contributed by atoms with Gasteiger partial charge in [0.05, 0.1) is 12.5 Å². The van der Waals surface area contributed by atoms with E-state index < -0.39 is 23.2 Å². The van der Waals surface area contributed by atoms with E-state index in [0.717, 1.165) is 6.07 Å². The molecule has 0 radical (unpaired) electrons. The molecule has 1 aromatic heterocycles. The van der Waals surface area contributed by atoms with E-state index in [1.54, 1.807) is 6.07 Å². The second-order valence-electron chi connectivity index (χ2n) is 2.63. The van der Waals surface area contributed by atoms with E-state index in [0.29, 0.717) is 0 Å². The maximum atomic E-state index is 12.3. The zero-order chi connectivity index (χ0) is 10.7. The van der Waals surface area contributed by atoms with Gasteiger partial charge in [-0.3, -0.25) is 4.79 Å². The number of nitrogen functional groups attached to an aromatic ring is 1. The van der Waals surface area contributed by atoms with Gasteiger partial charge in [-0.15, -0.1) is 0 Å². The third-order valence-electron chi connectivity index (χ3n) is 1.66. The molecular formula is C8H7F2N3O. The van der Waals surface area contributed by atoms with E-state index in [1.165, 1.54) is 0 Å². The molecule has 0 fully saturated rings. The topological polar surface area (TPSA) is 82.7 Å². The van der Waals surface area contributed by atoms with Crippen molar-refractivity contribution in [2.24, 2.45) is 0 Å². The average molecular weight is 199 g/mol. The van der Waals surface area contributed by atoms with Crippen molar-refractivity contribution in [1.29, 1.82) is 5.26 Å². The van der Waals surface area contributed by atoms with Crippen LogP contribution in [-0.2, 0) is 6.42 Å². The number of nitrogens with two attached hydrogens (primary N) is 1. The van der Waals surface area contributed by atoms with Gasteiger partial charge in [-0.1, -0.05) is 0 Å². The molecule has 6 heteroatoms. The molecule has 0 unspecified atom stereocenters. The van der Waals surface area contributed by atoms with Crippen LogP contribution < -0.4 is 11.3 Å². The first-order valence-corrected chi connectivity index (χ1v) is 3.73. The van der Waals surface area contributed by atoms with Gasteiger partial charge in [0, 0.05) is 11.3 Å². The third kappa shape index (κ3) is 1.88. The van der Waals surface area contributed by atoms with Crippen molar-refractivity contribution in [2.75, 3.05) is 5.73 Å². The standard InChI is InChI=1S/C8H7F2N3O/c9-7(10)5-3-4(1-2-11)13-8(14)6(5)12/h3,7H,1,12H2,(H,13,14). The second kappa shape index (κ2) is 3.87. The van der Waals surface area contributed by atoms with Gasteiger partial charge < -0.3 is 10.7 Å². The Bertz CT molecular complexity index is 433. The molecule has 0 saturated heterocycles. The maximum absolute atomic E-state index is 12.3.